The number of anilines is 1. The first kappa shape index (κ1) is 20.9. The maximum Gasteiger partial charge on any atom is 0.276 e. The molecule has 2 amide bonds. The molecule has 0 bridgehead atoms. The van der Waals surface area contributed by atoms with Gasteiger partial charge in [-0.1, -0.05) is 6.92 Å². The van der Waals surface area contributed by atoms with Gasteiger partial charge in [0.05, 0.1) is 6.04 Å². The van der Waals surface area contributed by atoms with E-state index in [2.05, 4.69) is 21.0 Å². The van der Waals surface area contributed by atoms with Crippen molar-refractivity contribution in [2.45, 2.75) is 32.2 Å². The van der Waals surface area contributed by atoms with Gasteiger partial charge < -0.3 is 16.0 Å². The molecule has 8 heteroatoms. The predicted octanol–water partition coefficient (Wildman–Crippen LogP) is 2.62. The summed E-state index contributed by atoms with van der Waals surface area (Å²) in [5.41, 5.74) is 1.60. The first-order valence-electron chi connectivity index (χ1n) is 9.13. The number of hydrogen-bond acceptors (Lipinski definition) is 4. The van der Waals surface area contributed by atoms with Crippen molar-refractivity contribution in [1.29, 1.82) is 0 Å². The first-order chi connectivity index (χ1) is 12.7. The molecule has 0 spiro atoms. The highest BCUT2D eigenvalue weighted by atomic mass is 35.5. The lowest BCUT2D eigenvalue weighted by atomic mass is 10.1. The van der Waals surface area contributed by atoms with E-state index in [4.69, 9.17) is 0 Å². The monoisotopic (exact) mass is 391 g/mol. The van der Waals surface area contributed by atoms with E-state index in [1.807, 2.05) is 17.8 Å². The fourth-order valence-corrected chi connectivity index (χ4v) is 2.96. The Hall–Kier alpha value is -2.38. The average molecular weight is 392 g/mol. The van der Waals surface area contributed by atoms with Gasteiger partial charge in [-0.05, 0) is 56.1 Å². The van der Waals surface area contributed by atoms with Gasteiger partial charge in [0.25, 0.3) is 11.8 Å². The summed E-state index contributed by atoms with van der Waals surface area (Å²) < 4.78 is 1.86. The summed E-state index contributed by atoms with van der Waals surface area (Å²) in [6.45, 7) is 4.57. The molecule has 0 radical (unpaired) electrons. The largest absolute Gasteiger partial charge is 0.352 e. The summed E-state index contributed by atoms with van der Waals surface area (Å²) in [7, 11) is 0. The normalized spacial score (nSPS) is 16.3. The van der Waals surface area contributed by atoms with Crippen LogP contribution in [0.15, 0.2) is 36.5 Å². The molecule has 3 N–H and O–H groups in total. The number of nitrogens with zero attached hydrogens (tertiary/aromatic N) is 2. The second-order valence-electron chi connectivity index (χ2n) is 6.47. The SMILES string of the molecule is CCCNC(=O)c1ccc(NC(=O)c2ccn(C3CCCNC3)n2)cc1.Cl. The Morgan fingerprint density at radius 3 is 2.67 bits per heavy atom. The summed E-state index contributed by atoms with van der Waals surface area (Å²) in [5.74, 6) is -0.361. The maximum atomic E-state index is 12.4. The van der Waals surface area contributed by atoms with E-state index in [0.717, 1.165) is 32.4 Å². The summed E-state index contributed by atoms with van der Waals surface area (Å²) in [5, 5.41) is 13.4. The third-order valence-electron chi connectivity index (χ3n) is 4.43. The second kappa shape index (κ2) is 10.1. The van der Waals surface area contributed by atoms with Gasteiger partial charge >= 0.3 is 0 Å². The Balaban J connectivity index is 0.00000261. The van der Waals surface area contributed by atoms with Gasteiger partial charge in [-0.25, -0.2) is 0 Å². The Bertz CT molecular complexity index is 754. The predicted molar refractivity (Wildman–Crippen MR) is 108 cm³/mol. The molecule has 0 saturated carbocycles. The van der Waals surface area contributed by atoms with Crippen molar-refractivity contribution in [2.24, 2.45) is 0 Å². The van der Waals surface area contributed by atoms with Crippen molar-refractivity contribution in [3.63, 3.8) is 0 Å². The van der Waals surface area contributed by atoms with Crippen LogP contribution in [0.2, 0.25) is 0 Å². The third kappa shape index (κ3) is 5.55. The quantitative estimate of drug-likeness (QED) is 0.706. The molecule has 3 rings (SSSR count). The Morgan fingerprint density at radius 2 is 2.00 bits per heavy atom. The van der Waals surface area contributed by atoms with E-state index >= 15 is 0 Å². The number of amides is 2. The number of hydrogen-bond donors (Lipinski definition) is 3. The topological polar surface area (TPSA) is 88.0 Å². The molecular weight excluding hydrogens is 366 g/mol. The Morgan fingerprint density at radius 1 is 1.22 bits per heavy atom. The van der Waals surface area contributed by atoms with Gasteiger partial charge in [0, 0.05) is 30.5 Å². The minimum atomic E-state index is -0.254. The minimum absolute atomic E-state index is 0. The van der Waals surface area contributed by atoms with Crippen molar-refractivity contribution < 1.29 is 9.59 Å². The molecule has 1 atom stereocenters. The zero-order valence-electron chi connectivity index (χ0n) is 15.4. The van der Waals surface area contributed by atoms with Crippen LogP contribution < -0.4 is 16.0 Å². The van der Waals surface area contributed by atoms with E-state index < -0.39 is 0 Å². The highest BCUT2D eigenvalue weighted by Gasteiger charge is 2.17. The van der Waals surface area contributed by atoms with Crippen molar-refractivity contribution in [3.05, 3.63) is 47.8 Å². The molecule has 146 valence electrons. The minimum Gasteiger partial charge on any atom is -0.352 e. The van der Waals surface area contributed by atoms with E-state index in [-0.39, 0.29) is 24.2 Å². The number of halogens is 1. The zero-order valence-corrected chi connectivity index (χ0v) is 16.2. The van der Waals surface area contributed by atoms with Crippen LogP contribution in [0.4, 0.5) is 5.69 Å². The average Bonchev–Trinajstić information content (AvgIpc) is 3.18. The smallest absolute Gasteiger partial charge is 0.276 e. The molecule has 0 aliphatic carbocycles. The van der Waals surface area contributed by atoms with E-state index in [0.29, 0.717) is 29.5 Å². The Kier molecular flexibility index (Phi) is 7.82. The molecule has 1 fully saturated rings. The second-order valence-corrected chi connectivity index (χ2v) is 6.47. The summed E-state index contributed by atoms with van der Waals surface area (Å²) in [6, 6.07) is 8.88. The van der Waals surface area contributed by atoms with Gasteiger partial charge in [-0.2, -0.15) is 5.10 Å². The van der Waals surface area contributed by atoms with E-state index in [9.17, 15) is 9.59 Å². The molecule has 1 aliphatic rings. The van der Waals surface area contributed by atoms with Gasteiger partial charge in [0.2, 0.25) is 0 Å². The van der Waals surface area contributed by atoms with E-state index in [1.54, 1.807) is 30.3 Å². The Labute approximate surface area is 165 Å². The zero-order chi connectivity index (χ0) is 18.4. The van der Waals surface area contributed by atoms with Crippen LogP contribution in [-0.4, -0.2) is 41.2 Å². The molecule has 7 nitrogen and oxygen atoms in total. The molecule has 1 saturated heterocycles. The lowest BCUT2D eigenvalue weighted by Crippen LogP contribution is -2.32. The van der Waals surface area contributed by atoms with Crippen molar-refractivity contribution in [2.75, 3.05) is 25.0 Å². The molecule has 1 aromatic heterocycles. The number of benzene rings is 1. The highest BCUT2D eigenvalue weighted by Crippen LogP contribution is 2.16. The fourth-order valence-electron chi connectivity index (χ4n) is 2.96. The van der Waals surface area contributed by atoms with E-state index in [1.165, 1.54) is 0 Å². The van der Waals surface area contributed by atoms with Crippen molar-refractivity contribution in [3.8, 4) is 0 Å². The van der Waals surface area contributed by atoms with Gasteiger partial charge in [0.1, 0.15) is 0 Å². The van der Waals surface area contributed by atoms with Crippen LogP contribution in [0.25, 0.3) is 0 Å². The third-order valence-corrected chi connectivity index (χ3v) is 4.43. The fraction of sp³-hybridized carbons (Fsp3) is 0.421. The molecule has 1 unspecified atom stereocenters. The molecule has 1 aliphatic heterocycles. The molecule has 2 heterocycles. The van der Waals surface area contributed by atoms with Crippen LogP contribution in [0.1, 0.15) is 53.1 Å². The van der Waals surface area contributed by atoms with Gasteiger partial charge in [0.15, 0.2) is 5.69 Å². The number of piperidine rings is 1. The van der Waals surface area contributed by atoms with Crippen LogP contribution in [0.3, 0.4) is 0 Å². The van der Waals surface area contributed by atoms with Crippen LogP contribution in [0, 0.1) is 0 Å². The number of carbonyl (C=O) groups is 2. The molecule has 27 heavy (non-hydrogen) atoms. The number of nitrogens with one attached hydrogen (secondary N) is 3. The van der Waals surface area contributed by atoms with Crippen LogP contribution in [0.5, 0.6) is 0 Å². The van der Waals surface area contributed by atoms with Crippen LogP contribution >= 0.6 is 12.4 Å². The van der Waals surface area contributed by atoms with Gasteiger partial charge in [-0.3, -0.25) is 14.3 Å². The first-order valence-corrected chi connectivity index (χ1v) is 9.13. The molecule has 1 aromatic carbocycles. The van der Waals surface area contributed by atoms with Crippen molar-refractivity contribution in [1.82, 2.24) is 20.4 Å². The van der Waals surface area contributed by atoms with Crippen molar-refractivity contribution >= 4 is 29.9 Å². The highest BCUT2D eigenvalue weighted by molar-refractivity contribution is 6.03. The maximum absolute atomic E-state index is 12.4. The van der Waals surface area contributed by atoms with Gasteiger partial charge in [-0.15, -0.1) is 12.4 Å². The molecular formula is C19H26ClN5O2. The van der Waals surface area contributed by atoms with Crippen LogP contribution in [-0.2, 0) is 0 Å². The number of aromatic nitrogens is 2. The lowest BCUT2D eigenvalue weighted by molar-refractivity contribution is 0.0953. The summed E-state index contributed by atoms with van der Waals surface area (Å²) in [4.78, 5) is 24.3. The standard InChI is InChI=1S/C19H25N5O2.ClH/c1-2-10-21-18(25)14-5-7-15(8-6-14)22-19(26)17-9-12-24(23-17)16-4-3-11-20-13-16;/h5-9,12,16,20H,2-4,10-11,13H2,1H3,(H,21,25)(H,22,26);1H. The summed E-state index contributed by atoms with van der Waals surface area (Å²) >= 11 is 0. The summed E-state index contributed by atoms with van der Waals surface area (Å²) in [6.07, 6.45) is 4.93. The number of carbonyl (C=O) groups excluding carboxylic acids is 2. The lowest BCUT2D eigenvalue weighted by Gasteiger charge is -2.22. The number of rotatable bonds is 6. The molecule has 2 aromatic rings.